The third kappa shape index (κ3) is 6.03. The van der Waals surface area contributed by atoms with Gasteiger partial charge in [-0.25, -0.2) is 0 Å². The van der Waals surface area contributed by atoms with Gasteiger partial charge in [-0.1, -0.05) is 19.1 Å². The molecule has 2 N–H and O–H groups in total. The van der Waals surface area contributed by atoms with Gasteiger partial charge in [-0.3, -0.25) is 9.59 Å². The molecule has 0 radical (unpaired) electrons. The molecule has 6 heteroatoms. The van der Waals surface area contributed by atoms with Crippen molar-refractivity contribution in [1.82, 2.24) is 10.6 Å². The summed E-state index contributed by atoms with van der Waals surface area (Å²) in [5, 5.41) is 5.32. The van der Waals surface area contributed by atoms with E-state index in [1.54, 1.807) is 25.1 Å². The molecule has 0 saturated heterocycles. The molecule has 0 spiro atoms. The average molecular weight is 308 g/mol. The molecule has 0 aromatic heterocycles. The number of hydrogen-bond donors (Lipinski definition) is 2. The van der Waals surface area contributed by atoms with Gasteiger partial charge in [0.05, 0.1) is 6.61 Å². The van der Waals surface area contributed by atoms with Gasteiger partial charge in [-0.05, 0) is 32.4 Å². The molecule has 1 rings (SSSR count). The number of rotatable bonds is 9. The molecule has 0 fully saturated rings. The Morgan fingerprint density at radius 1 is 1.14 bits per heavy atom. The van der Waals surface area contributed by atoms with E-state index in [2.05, 4.69) is 10.6 Å². The molecule has 0 aliphatic rings. The van der Waals surface area contributed by atoms with Crippen LogP contribution in [0.4, 0.5) is 0 Å². The van der Waals surface area contributed by atoms with Crippen LogP contribution in [0.15, 0.2) is 24.3 Å². The fraction of sp³-hybridized carbons (Fsp3) is 0.500. The van der Waals surface area contributed by atoms with Crippen LogP contribution in [0.25, 0.3) is 0 Å². The highest BCUT2D eigenvalue weighted by atomic mass is 16.5. The molecule has 22 heavy (non-hydrogen) atoms. The number of ether oxygens (including phenoxy) is 2. The van der Waals surface area contributed by atoms with Crippen molar-refractivity contribution in [2.45, 2.75) is 33.2 Å². The number of carbonyl (C=O) groups excluding carboxylic acids is 2. The molecule has 1 atom stereocenters. The van der Waals surface area contributed by atoms with Crippen LogP contribution in [0.1, 0.15) is 27.2 Å². The second-order valence-corrected chi connectivity index (χ2v) is 4.75. The number of nitrogens with one attached hydrogen (secondary N) is 2. The maximum Gasteiger partial charge on any atom is 0.258 e. The highest BCUT2D eigenvalue weighted by molar-refractivity contribution is 5.87. The summed E-state index contributed by atoms with van der Waals surface area (Å²) in [5.41, 5.74) is 0. The lowest BCUT2D eigenvalue weighted by molar-refractivity contribution is -0.129. The first-order valence-electron chi connectivity index (χ1n) is 7.50. The Labute approximate surface area is 131 Å². The number of amides is 2. The van der Waals surface area contributed by atoms with Crippen LogP contribution in [0.2, 0.25) is 0 Å². The second-order valence-electron chi connectivity index (χ2n) is 4.75. The lowest BCUT2D eigenvalue weighted by Gasteiger charge is -2.15. The van der Waals surface area contributed by atoms with E-state index in [-0.39, 0.29) is 18.4 Å². The fourth-order valence-corrected chi connectivity index (χ4v) is 1.74. The molecular formula is C16H24N2O4. The first kappa shape index (κ1) is 17.8. The highest BCUT2D eigenvalue weighted by Gasteiger charge is 2.15. The van der Waals surface area contributed by atoms with Crippen LogP contribution in [0.3, 0.4) is 0 Å². The summed E-state index contributed by atoms with van der Waals surface area (Å²) >= 11 is 0. The quantitative estimate of drug-likeness (QED) is 0.725. The largest absolute Gasteiger partial charge is 0.490 e. The molecule has 0 aliphatic heterocycles. The van der Waals surface area contributed by atoms with Gasteiger partial charge in [-0.15, -0.1) is 0 Å². The summed E-state index contributed by atoms with van der Waals surface area (Å²) in [5.74, 6) is 0.532. The zero-order chi connectivity index (χ0) is 16.4. The van der Waals surface area contributed by atoms with E-state index in [1.807, 2.05) is 19.9 Å². The summed E-state index contributed by atoms with van der Waals surface area (Å²) in [6.07, 6.45) is 0.851. The zero-order valence-corrected chi connectivity index (χ0v) is 13.3. The van der Waals surface area contributed by atoms with Crippen LogP contribution in [0, 0.1) is 0 Å². The van der Waals surface area contributed by atoms with Crippen molar-refractivity contribution < 1.29 is 19.1 Å². The first-order valence-corrected chi connectivity index (χ1v) is 7.50. The number of para-hydroxylation sites is 2. The van der Waals surface area contributed by atoms with E-state index in [1.165, 1.54) is 0 Å². The molecule has 2 amide bonds. The van der Waals surface area contributed by atoms with E-state index in [9.17, 15) is 9.59 Å². The summed E-state index contributed by atoms with van der Waals surface area (Å²) in [6, 6.07) is 6.55. The van der Waals surface area contributed by atoms with Gasteiger partial charge >= 0.3 is 0 Å². The Balaban J connectivity index is 2.44. The first-order chi connectivity index (χ1) is 10.6. The standard InChI is InChI=1S/C16H24N2O4/c1-4-10-17-16(20)12(3)18-15(19)11-22-14-9-7-6-8-13(14)21-5-2/h6-9,12H,4-5,10-11H2,1-3H3,(H,17,20)(H,18,19)/t12-/m1/s1. The van der Waals surface area contributed by atoms with Gasteiger partial charge < -0.3 is 20.1 Å². The van der Waals surface area contributed by atoms with Crippen LogP contribution >= 0.6 is 0 Å². The second kappa shape index (κ2) is 9.65. The Hall–Kier alpha value is -2.24. The van der Waals surface area contributed by atoms with E-state index < -0.39 is 6.04 Å². The van der Waals surface area contributed by atoms with Crippen molar-refractivity contribution in [3.63, 3.8) is 0 Å². The monoisotopic (exact) mass is 308 g/mol. The molecule has 0 bridgehead atoms. The van der Waals surface area contributed by atoms with Crippen molar-refractivity contribution in [3.05, 3.63) is 24.3 Å². The third-order valence-electron chi connectivity index (χ3n) is 2.83. The molecule has 1 aromatic carbocycles. The minimum atomic E-state index is -0.593. The smallest absolute Gasteiger partial charge is 0.258 e. The van der Waals surface area contributed by atoms with Crippen molar-refractivity contribution in [3.8, 4) is 11.5 Å². The molecule has 0 heterocycles. The predicted molar refractivity (Wildman–Crippen MR) is 84.0 cm³/mol. The maximum atomic E-state index is 11.8. The predicted octanol–water partition coefficient (Wildman–Crippen LogP) is 1.49. The van der Waals surface area contributed by atoms with E-state index in [4.69, 9.17) is 9.47 Å². The molecule has 0 aliphatic carbocycles. The molecular weight excluding hydrogens is 284 g/mol. The minimum Gasteiger partial charge on any atom is -0.490 e. The Morgan fingerprint density at radius 2 is 1.77 bits per heavy atom. The van der Waals surface area contributed by atoms with Gasteiger partial charge in [-0.2, -0.15) is 0 Å². The Morgan fingerprint density at radius 3 is 2.36 bits per heavy atom. The van der Waals surface area contributed by atoms with Crippen LogP contribution < -0.4 is 20.1 Å². The van der Waals surface area contributed by atoms with Gasteiger partial charge in [0.2, 0.25) is 5.91 Å². The minimum absolute atomic E-state index is 0.171. The van der Waals surface area contributed by atoms with Crippen LogP contribution in [-0.4, -0.2) is 37.6 Å². The lowest BCUT2D eigenvalue weighted by atomic mass is 10.3. The van der Waals surface area contributed by atoms with E-state index in [0.29, 0.717) is 24.7 Å². The normalized spacial score (nSPS) is 11.4. The average Bonchev–Trinajstić information content (AvgIpc) is 2.52. The van der Waals surface area contributed by atoms with E-state index >= 15 is 0 Å². The van der Waals surface area contributed by atoms with Gasteiger partial charge in [0, 0.05) is 6.54 Å². The summed E-state index contributed by atoms with van der Waals surface area (Å²) < 4.78 is 10.9. The number of carbonyl (C=O) groups is 2. The molecule has 1 aromatic rings. The van der Waals surface area contributed by atoms with Crippen molar-refractivity contribution in [1.29, 1.82) is 0 Å². The third-order valence-corrected chi connectivity index (χ3v) is 2.83. The van der Waals surface area contributed by atoms with Gasteiger partial charge in [0.1, 0.15) is 6.04 Å². The summed E-state index contributed by atoms with van der Waals surface area (Å²) in [4.78, 5) is 23.5. The molecule has 122 valence electrons. The summed E-state index contributed by atoms with van der Waals surface area (Å²) in [6.45, 7) is 6.41. The number of hydrogen-bond acceptors (Lipinski definition) is 4. The van der Waals surface area contributed by atoms with E-state index in [0.717, 1.165) is 6.42 Å². The highest BCUT2D eigenvalue weighted by Crippen LogP contribution is 2.26. The zero-order valence-electron chi connectivity index (χ0n) is 13.3. The molecule has 0 saturated carbocycles. The lowest BCUT2D eigenvalue weighted by Crippen LogP contribution is -2.46. The summed E-state index contributed by atoms with van der Waals surface area (Å²) in [7, 11) is 0. The molecule has 0 unspecified atom stereocenters. The maximum absolute atomic E-state index is 11.8. The Bertz CT molecular complexity index is 491. The fourth-order valence-electron chi connectivity index (χ4n) is 1.74. The van der Waals surface area contributed by atoms with Gasteiger partial charge in [0.15, 0.2) is 18.1 Å². The van der Waals surface area contributed by atoms with Gasteiger partial charge in [0.25, 0.3) is 5.91 Å². The SMILES string of the molecule is CCCNC(=O)[C@@H](C)NC(=O)COc1ccccc1OCC. The number of benzene rings is 1. The van der Waals surface area contributed by atoms with Crippen molar-refractivity contribution in [2.75, 3.05) is 19.8 Å². The van der Waals surface area contributed by atoms with Crippen molar-refractivity contribution in [2.24, 2.45) is 0 Å². The topological polar surface area (TPSA) is 76.7 Å². The Kier molecular flexibility index (Phi) is 7.81. The molecule has 6 nitrogen and oxygen atoms in total. The van der Waals surface area contributed by atoms with Crippen LogP contribution in [0.5, 0.6) is 11.5 Å². The van der Waals surface area contributed by atoms with Crippen molar-refractivity contribution >= 4 is 11.8 Å². The van der Waals surface area contributed by atoms with Crippen LogP contribution in [-0.2, 0) is 9.59 Å².